The van der Waals surface area contributed by atoms with Gasteiger partial charge in [0.2, 0.25) is 0 Å². The molecule has 0 spiro atoms. The number of hydrogen-bond donors (Lipinski definition) is 2. The lowest BCUT2D eigenvalue weighted by atomic mass is 9.96. The third kappa shape index (κ3) is 3.10. The van der Waals surface area contributed by atoms with Gasteiger partial charge in [0.25, 0.3) is 0 Å². The summed E-state index contributed by atoms with van der Waals surface area (Å²) in [5.74, 6) is 5.69. The summed E-state index contributed by atoms with van der Waals surface area (Å²) in [5, 5.41) is 1.07. The number of hydrazine groups is 1. The number of hydrogen-bond acceptors (Lipinski definition) is 2. The molecule has 0 aliphatic heterocycles. The maximum Gasteiger partial charge on any atom is 0.0710 e. The minimum Gasteiger partial charge on any atom is -0.271 e. The largest absolute Gasteiger partial charge is 0.271 e. The van der Waals surface area contributed by atoms with E-state index < -0.39 is 0 Å². The summed E-state index contributed by atoms with van der Waals surface area (Å²) in [5.41, 5.74) is 7.41. The molecule has 3 N–H and O–H groups in total. The molecule has 0 aromatic heterocycles. The van der Waals surface area contributed by atoms with Gasteiger partial charge in [-0.3, -0.25) is 5.84 Å². The van der Waals surface area contributed by atoms with Crippen LogP contribution in [-0.4, -0.2) is 0 Å². The molecule has 0 radical (unpaired) electrons. The molecule has 0 saturated carbocycles. The van der Waals surface area contributed by atoms with E-state index in [2.05, 4.69) is 37.5 Å². The van der Waals surface area contributed by atoms with Gasteiger partial charge in [0.1, 0.15) is 0 Å². The molecule has 2 aromatic rings. The summed E-state index contributed by atoms with van der Waals surface area (Å²) in [4.78, 5) is 0. The van der Waals surface area contributed by atoms with Gasteiger partial charge in [0.05, 0.1) is 16.1 Å². The van der Waals surface area contributed by atoms with Crippen LogP contribution in [0, 0.1) is 13.8 Å². The molecule has 2 rings (SSSR count). The standard InChI is InChI=1S/C15H16Cl2N2/c1-9-3-4-11(7-10(9)2)15(19-18)12-5-6-13(16)14(17)8-12/h3-8,15,19H,18H2,1-2H3. The first-order chi connectivity index (χ1) is 9.02. The second kappa shape index (κ2) is 5.93. The second-order valence-electron chi connectivity index (χ2n) is 4.62. The quantitative estimate of drug-likeness (QED) is 0.659. The molecule has 100 valence electrons. The Bertz CT molecular complexity index is 545. The molecular formula is C15H16Cl2N2. The zero-order valence-corrected chi connectivity index (χ0v) is 12.4. The van der Waals surface area contributed by atoms with Crippen molar-refractivity contribution in [1.29, 1.82) is 0 Å². The van der Waals surface area contributed by atoms with Crippen molar-refractivity contribution < 1.29 is 0 Å². The number of nitrogens with one attached hydrogen (secondary N) is 1. The van der Waals surface area contributed by atoms with Crippen LogP contribution in [0.3, 0.4) is 0 Å². The molecule has 1 unspecified atom stereocenters. The van der Waals surface area contributed by atoms with Gasteiger partial charge in [0.15, 0.2) is 0 Å². The highest BCUT2D eigenvalue weighted by Crippen LogP contribution is 2.29. The average Bonchev–Trinajstić information content (AvgIpc) is 2.39. The van der Waals surface area contributed by atoms with E-state index in [1.807, 2.05) is 12.1 Å². The van der Waals surface area contributed by atoms with Crippen molar-refractivity contribution in [3.05, 3.63) is 68.7 Å². The maximum atomic E-state index is 6.06. The van der Waals surface area contributed by atoms with Gasteiger partial charge in [-0.25, -0.2) is 5.43 Å². The molecule has 0 aliphatic rings. The Morgan fingerprint density at radius 3 is 2.11 bits per heavy atom. The van der Waals surface area contributed by atoms with Crippen molar-refractivity contribution in [3.63, 3.8) is 0 Å². The summed E-state index contributed by atoms with van der Waals surface area (Å²) in [6.45, 7) is 4.17. The number of halogens is 2. The Balaban J connectivity index is 2.43. The predicted molar refractivity (Wildman–Crippen MR) is 81.5 cm³/mol. The van der Waals surface area contributed by atoms with Crippen LogP contribution in [0.2, 0.25) is 10.0 Å². The SMILES string of the molecule is Cc1ccc(C(NN)c2ccc(Cl)c(Cl)c2)cc1C. The van der Waals surface area contributed by atoms with Crippen molar-refractivity contribution in [3.8, 4) is 0 Å². The van der Waals surface area contributed by atoms with Gasteiger partial charge < -0.3 is 0 Å². The smallest absolute Gasteiger partial charge is 0.0710 e. The predicted octanol–water partition coefficient (Wildman–Crippen LogP) is 4.16. The summed E-state index contributed by atoms with van der Waals surface area (Å²) in [7, 11) is 0. The Hall–Kier alpha value is -1.06. The van der Waals surface area contributed by atoms with Crippen LogP contribution in [0.5, 0.6) is 0 Å². The number of benzene rings is 2. The maximum absolute atomic E-state index is 6.06. The zero-order valence-electron chi connectivity index (χ0n) is 10.9. The van der Waals surface area contributed by atoms with Gasteiger partial charge in [-0.05, 0) is 48.2 Å². The average molecular weight is 295 g/mol. The van der Waals surface area contributed by atoms with E-state index in [1.165, 1.54) is 11.1 Å². The Morgan fingerprint density at radius 1 is 0.895 bits per heavy atom. The summed E-state index contributed by atoms with van der Waals surface area (Å²) in [6.07, 6.45) is 0. The van der Waals surface area contributed by atoms with Crippen molar-refractivity contribution in [2.75, 3.05) is 0 Å². The molecule has 0 fully saturated rings. The van der Waals surface area contributed by atoms with E-state index in [4.69, 9.17) is 29.0 Å². The number of rotatable bonds is 3. The highest BCUT2D eigenvalue weighted by molar-refractivity contribution is 6.42. The van der Waals surface area contributed by atoms with Crippen molar-refractivity contribution in [2.24, 2.45) is 5.84 Å². The first kappa shape index (κ1) is 14.4. The van der Waals surface area contributed by atoms with Crippen LogP contribution in [0.4, 0.5) is 0 Å². The molecule has 4 heteroatoms. The monoisotopic (exact) mass is 294 g/mol. The molecule has 19 heavy (non-hydrogen) atoms. The van der Waals surface area contributed by atoms with Crippen LogP contribution >= 0.6 is 23.2 Å². The van der Waals surface area contributed by atoms with Gasteiger partial charge in [-0.15, -0.1) is 0 Å². The summed E-state index contributed by atoms with van der Waals surface area (Å²) < 4.78 is 0. The van der Waals surface area contributed by atoms with Crippen molar-refractivity contribution in [1.82, 2.24) is 5.43 Å². The lowest BCUT2D eigenvalue weighted by molar-refractivity contribution is 0.636. The zero-order chi connectivity index (χ0) is 14.0. The number of nitrogens with two attached hydrogens (primary N) is 1. The Kier molecular flexibility index (Phi) is 4.48. The fraction of sp³-hybridized carbons (Fsp3) is 0.200. The molecule has 0 heterocycles. The molecule has 2 nitrogen and oxygen atoms in total. The normalized spacial score (nSPS) is 12.5. The van der Waals surface area contributed by atoms with E-state index in [-0.39, 0.29) is 6.04 Å². The molecular weight excluding hydrogens is 279 g/mol. The van der Waals surface area contributed by atoms with E-state index in [0.717, 1.165) is 11.1 Å². The molecule has 1 atom stereocenters. The van der Waals surface area contributed by atoms with Crippen LogP contribution in [0.25, 0.3) is 0 Å². The van der Waals surface area contributed by atoms with E-state index in [9.17, 15) is 0 Å². The lowest BCUT2D eigenvalue weighted by Gasteiger charge is -2.18. The van der Waals surface area contributed by atoms with Crippen LogP contribution in [0.15, 0.2) is 36.4 Å². The highest BCUT2D eigenvalue weighted by atomic mass is 35.5. The summed E-state index contributed by atoms with van der Waals surface area (Å²) in [6, 6.07) is 11.7. The van der Waals surface area contributed by atoms with E-state index in [1.54, 1.807) is 6.07 Å². The van der Waals surface area contributed by atoms with Gasteiger partial charge in [0, 0.05) is 0 Å². The third-order valence-electron chi connectivity index (χ3n) is 3.31. The first-order valence-electron chi connectivity index (χ1n) is 6.01. The highest BCUT2D eigenvalue weighted by Gasteiger charge is 2.14. The minimum atomic E-state index is -0.103. The molecule has 0 bridgehead atoms. The van der Waals surface area contributed by atoms with Gasteiger partial charge in [-0.1, -0.05) is 47.5 Å². The molecule has 0 aliphatic carbocycles. The second-order valence-corrected chi connectivity index (χ2v) is 5.43. The number of aryl methyl sites for hydroxylation is 2. The fourth-order valence-electron chi connectivity index (χ4n) is 2.02. The fourth-order valence-corrected chi connectivity index (χ4v) is 2.33. The van der Waals surface area contributed by atoms with Gasteiger partial charge >= 0.3 is 0 Å². The molecule has 0 amide bonds. The lowest BCUT2D eigenvalue weighted by Crippen LogP contribution is -2.28. The topological polar surface area (TPSA) is 38.0 Å². The molecule has 2 aromatic carbocycles. The van der Waals surface area contributed by atoms with Crippen LogP contribution < -0.4 is 11.3 Å². The van der Waals surface area contributed by atoms with E-state index in [0.29, 0.717) is 10.0 Å². The third-order valence-corrected chi connectivity index (χ3v) is 4.05. The minimum absolute atomic E-state index is 0.103. The van der Waals surface area contributed by atoms with Gasteiger partial charge in [-0.2, -0.15) is 0 Å². The Labute approximate surface area is 123 Å². The van der Waals surface area contributed by atoms with Crippen molar-refractivity contribution >= 4 is 23.2 Å². The van der Waals surface area contributed by atoms with Crippen molar-refractivity contribution in [2.45, 2.75) is 19.9 Å². The van der Waals surface area contributed by atoms with Crippen LogP contribution in [0.1, 0.15) is 28.3 Å². The first-order valence-corrected chi connectivity index (χ1v) is 6.76. The Morgan fingerprint density at radius 2 is 1.53 bits per heavy atom. The van der Waals surface area contributed by atoms with Crippen LogP contribution in [-0.2, 0) is 0 Å². The summed E-state index contributed by atoms with van der Waals surface area (Å²) >= 11 is 12.0. The molecule has 0 saturated heterocycles. The van der Waals surface area contributed by atoms with E-state index >= 15 is 0 Å².